The van der Waals surface area contributed by atoms with Gasteiger partial charge in [-0.1, -0.05) is 6.92 Å². The number of rotatable bonds is 6. The fourth-order valence-electron chi connectivity index (χ4n) is 3.76. The van der Waals surface area contributed by atoms with Gasteiger partial charge < -0.3 is 19.3 Å². The lowest BCUT2D eigenvalue weighted by Gasteiger charge is -2.23. The first kappa shape index (κ1) is 20.8. The van der Waals surface area contributed by atoms with Crippen molar-refractivity contribution in [1.29, 1.82) is 0 Å². The average molecular weight is 393 g/mol. The Hall–Kier alpha value is -1.93. The van der Waals surface area contributed by atoms with Gasteiger partial charge in [0.05, 0.1) is 24.9 Å². The normalized spacial score (nSPS) is 20.9. The van der Waals surface area contributed by atoms with Crippen LogP contribution in [0.3, 0.4) is 0 Å². The van der Waals surface area contributed by atoms with E-state index in [2.05, 4.69) is 5.10 Å². The van der Waals surface area contributed by atoms with Crippen molar-refractivity contribution < 1.29 is 19.1 Å². The van der Waals surface area contributed by atoms with Gasteiger partial charge >= 0.3 is 0 Å². The van der Waals surface area contributed by atoms with Crippen LogP contribution in [-0.2, 0) is 20.8 Å². The summed E-state index contributed by atoms with van der Waals surface area (Å²) in [4.78, 5) is 28.6. The third kappa shape index (κ3) is 5.11. The predicted octanol–water partition coefficient (Wildman–Crippen LogP) is 1.82. The fourth-order valence-corrected chi connectivity index (χ4v) is 3.76. The molecule has 1 aromatic heterocycles. The Morgan fingerprint density at radius 3 is 2.71 bits per heavy atom. The second kappa shape index (κ2) is 10.0. The lowest BCUT2D eigenvalue weighted by Crippen LogP contribution is -2.37. The van der Waals surface area contributed by atoms with Gasteiger partial charge in [-0.25, -0.2) is 0 Å². The van der Waals surface area contributed by atoms with Crippen LogP contribution in [0.2, 0.25) is 0 Å². The van der Waals surface area contributed by atoms with Crippen molar-refractivity contribution >= 4 is 11.8 Å². The molecule has 1 unspecified atom stereocenters. The lowest BCUT2D eigenvalue weighted by atomic mass is 10.2. The molecule has 0 saturated carbocycles. The molecule has 2 aliphatic heterocycles. The van der Waals surface area contributed by atoms with Crippen molar-refractivity contribution in [3.05, 3.63) is 17.5 Å². The molecule has 3 heterocycles. The first-order valence-electron chi connectivity index (χ1n) is 10.4. The SMILES string of the molecule is CCC(=O)N1CCCN(C(=O)c2cnn(CCOC3CCCCO3)c2C)CC1. The Kier molecular flexibility index (Phi) is 7.44. The molecule has 1 aromatic rings. The van der Waals surface area contributed by atoms with E-state index in [0.717, 1.165) is 44.5 Å². The minimum absolute atomic E-state index is 0.00826. The van der Waals surface area contributed by atoms with Gasteiger partial charge in [0.15, 0.2) is 6.29 Å². The molecule has 0 spiro atoms. The Balaban J connectivity index is 1.53. The van der Waals surface area contributed by atoms with Gasteiger partial charge in [0.25, 0.3) is 5.91 Å². The molecule has 0 N–H and O–H groups in total. The van der Waals surface area contributed by atoms with Crippen LogP contribution < -0.4 is 0 Å². The Morgan fingerprint density at radius 1 is 1.18 bits per heavy atom. The summed E-state index contributed by atoms with van der Waals surface area (Å²) in [6, 6.07) is 0. The smallest absolute Gasteiger partial charge is 0.257 e. The molecular weight excluding hydrogens is 360 g/mol. The number of nitrogens with zero attached hydrogens (tertiary/aromatic N) is 4. The van der Waals surface area contributed by atoms with E-state index < -0.39 is 0 Å². The van der Waals surface area contributed by atoms with E-state index >= 15 is 0 Å². The highest BCUT2D eigenvalue weighted by molar-refractivity contribution is 5.95. The molecule has 28 heavy (non-hydrogen) atoms. The summed E-state index contributed by atoms with van der Waals surface area (Å²) in [5.74, 6) is 0.145. The highest BCUT2D eigenvalue weighted by atomic mass is 16.7. The van der Waals surface area contributed by atoms with E-state index in [1.165, 1.54) is 0 Å². The van der Waals surface area contributed by atoms with E-state index in [-0.39, 0.29) is 18.1 Å². The molecule has 0 aromatic carbocycles. The first-order chi connectivity index (χ1) is 13.6. The molecule has 1 atom stereocenters. The zero-order chi connectivity index (χ0) is 19.9. The van der Waals surface area contributed by atoms with Crippen LogP contribution in [0.5, 0.6) is 0 Å². The maximum absolute atomic E-state index is 13.0. The summed E-state index contributed by atoms with van der Waals surface area (Å²) >= 11 is 0. The van der Waals surface area contributed by atoms with Crippen molar-refractivity contribution in [2.75, 3.05) is 39.4 Å². The van der Waals surface area contributed by atoms with Crippen molar-refractivity contribution in [1.82, 2.24) is 19.6 Å². The first-order valence-corrected chi connectivity index (χ1v) is 10.4. The number of hydrogen-bond acceptors (Lipinski definition) is 5. The van der Waals surface area contributed by atoms with E-state index in [1.54, 1.807) is 6.20 Å². The monoisotopic (exact) mass is 392 g/mol. The number of carbonyl (C=O) groups excluding carboxylic acids is 2. The molecule has 2 amide bonds. The van der Waals surface area contributed by atoms with Crippen molar-refractivity contribution in [3.63, 3.8) is 0 Å². The Labute approximate surface area is 166 Å². The van der Waals surface area contributed by atoms with Crippen LogP contribution in [0.15, 0.2) is 6.20 Å². The van der Waals surface area contributed by atoms with Crippen LogP contribution in [0.1, 0.15) is 55.1 Å². The predicted molar refractivity (Wildman–Crippen MR) is 104 cm³/mol. The highest BCUT2D eigenvalue weighted by Gasteiger charge is 2.24. The average Bonchev–Trinajstić information content (AvgIpc) is 2.93. The van der Waals surface area contributed by atoms with Crippen LogP contribution in [0.4, 0.5) is 0 Å². The van der Waals surface area contributed by atoms with Crippen molar-refractivity contribution in [2.24, 2.45) is 0 Å². The second-order valence-corrected chi connectivity index (χ2v) is 7.41. The second-order valence-electron chi connectivity index (χ2n) is 7.41. The van der Waals surface area contributed by atoms with E-state index in [1.807, 2.05) is 28.3 Å². The summed E-state index contributed by atoms with van der Waals surface area (Å²) in [5.41, 5.74) is 1.48. The van der Waals surface area contributed by atoms with Crippen molar-refractivity contribution in [3.8, 4) is 0 Å². The summed E-state index contributed by atoms with van der Waals surface area (Å²) in [6.07, 6.45) is 6.03. The summed E-state index contributed by atoms with van der Waals surface area (Å²) < 4.78 is 13.2. The topological polar surface area (TPSA) is 76.9 Å². The molecule has 156 valence electrons. The maximum atomic E-state index is 13.0. The minimum Gasteiger partial charge on any atom is -0.353 e. The number of carbonyl (C=O) groups is 2. The van der Waals surface area contributed by atoms with Crippen LogP contribution in [-0.4, -0.2) is 77.1 Å². The Bertz CT molecular complexity index is 669. The third-order valence-electron chi connectivity index (χ3n) is 5.52. The van der Waals surface area contributed by atoms with Gasteiger partial charge in [-0.2, -0.15) is 5.10 Å². The van der Waals surface area contributed by atoms with E-state index in [9.17, 15) is 9.59 Å². The van der Waals surface area contributed by atoms with Gasteiger partial charge in [-0.15, -0.1) is 0 Å². The molecule has 0 aliphatic carbocycles. The quantitative estimate of drug-likeness (QED) is 0.738. The number of amides is 2. The number of aromatic nitrogens is 2. The minimum atomic E-state index is -0.114. The van der Waals surface area contributed by atoms with Crippen molar-refractivity contribution in [2.45, 2.75) is 58.8 Å². The van der Waals surface area contributed by atoms with Gasteiger partial charge in [-0.3, -0.25) is 14.3 Å². The fraction of sp³-hybridized carbons (Fsp3) is 0.750. The summed E-state index contributed by atoms with van der Waals surface area (Å²) in [6.45, 7) is 8.21. The lowest BCUT2D eigenvalue weighted by molar-refractivity contribution is -0.163. The van der Waals surface area contributed by atoms with Crippen LogP contribution >= 0.6 is 0 Å². The van der Waals surface area contributed by atoms with E-state index in [4.69, 9.17) is 9.47 Å². The number of ether oxygens (including phenoxy) is 2. The van der Waals surface area contributed by atoms with Gasteiger partial charge in [0.1, 0.15) is 0 Å². The van der Waals surface area contributed by atoms with Gasteiger partial charge in [-0.05, 0) is 32.6 Å². The van der Waals surface area contributed by atoms with Crippen LogP contribution in [0, 0.1) is 6.92 Å². The zero-order valence-corrected chi connectivity index (χ0v) is 17.1. The molecule has 3 rings (SSSR count). The maximum Gasteiger partial charge on any atom is 0.257 e. The zero-order valence-electron chi connectivity index (χ0n) is 17.1. The molecule has 2 fully saturated rings. The molecule has 2 aliphatic rings. The molecule has 8 heteroatoms. The molecular formula is C20H32N4O4. The van der Waals surface area contributed by atoms with Gasteiger partial charge in [0.2, 0.25) is 5.91 Å². The third-order valence-corrected chi connectivity index (χ3v) is 5.52. The molecule has 8 nitrogen and oxygen atoms in total. The number of hydrogen-bond donors (Lipinski definition) is 0. The summed E-state index contributed by atoms with van der Waals surface area (Å²) in [5, 5.41) is 4.38. The molecule has 0 bridgehead atoms. The highest BCUT2D eigenvalue weighted by Crippen LogP contribution is 2.16. The molecule has 2 saturated heterocycles. The largest absolute Gasteiger partial charge is 0.353 e. The molecule has 0 radical (unpaired) electrons. The summed E-state index contributed by atoms with van der Waals surface area (Å²) in [7, 11) is 0. The van der Waals surface area contributed by atoms with Gasteiger partial charge in [0, 0.05) is 44.9 Å². The van der Waals surface area contributed by atoms with Crippen LogP contribution in [0.25, 0.3) is 0 Å². The standard InChI is InChI=1S/C20H32N4O4/c1-3-18(25)22-8-6-9-23(11-10-22)20(26)17-15-21-24(16(17)2)12-14-28-19-7-4-5-13-27-19/h15,19H,3-14H2,1-2H3. The van der Waals surface area contributed by atoms with E-state index in [0.29, 0.717) is 44.8 Å². The Morgan fingerprint density at radius 2 is 1.96 bits per heavy atom.